The second-order valence-electron chi connectivity index (χ2n) is 5.75. The number of fused-ring (bicyclic) bond motifs is 1. The molecule has 0 amide bonds. The van der Waals surface area contributed by atoms with Gasteiger partial charge < -0.3 is 14.8 Å². The van der Waals surface area contributed by atoms with Crippen LogP contribution in [0.4, 0.5) is 0 Å². The fourth-order valence-corrected chi connectivity index (χ4v) is 3.62. The van der Waals surface area contributed by atoms with Gasteiger partial charge in [-0.25, -0.2) is 0 Å². The van der Waals surface area contributed by atoms with E-state index in [1.807, 2.05) is 6.07 Å². The SMILES string of the molecule is CCNC1CC(C2CCC(C)O2)Oc2ccc(Br)cc21. The Labute approximate surface area is 129 Å². The molecule has 20 heavy (non-hydrogen) atoms. The van der Waals surface area contributed by atoms with Crippen molar-refractivity contribution < 1.29 is 9.47 Å². The Morgan fingerprint density at radius 3 is 2.85 bits per heavy atom. The molecule has 4 unspecified atom stereocenters. The highest BCUT2D eigenvalue weighted by Crippen LogP contribution is 2.39. The normalized spacial score (nSPS) is 32.8. The second-order valence-corrected chi connectivity index (χ2v) is 6.66. The molecule has 4 atom stereocenters. The van der Waals surface area contributed by atoms with E-state index in [1.165, 1.54) is 5.56 Å². The molecule has 4 heteroatoms. The first-order chi connectivity index (χ1) is 9.67. The van der Waals surface area contributed by atoms with Crippen molar-refractivity contribution in [2.45, 2.75) is 57.5 Å². The van der Waals surface area contributed by atoms with Crippen molar-refractivity contribution in [3.63, 3.8) is 0 Å². The molecule has 1 saturated heterocycles. The van der Waals surface area contributed by atoms with E-state index in [1.54, 1.807) is 0 Å². The number of rotatable bonds is 3. The van der Waals surface area contributed by atoms with Gasteiger partial charge in [-0.15, -0.1) is 0 Å². The van der Waals surface area contributed by atoms with Gasteiger partial charge in [-0.3, -0.25) is 0 Å². The topological polar surface area (TPSA) is 30.5 Å². The molecule has 1 aromatic rings. The molecule has 3 rings (SSSR count). The molecule has 0 aromatic heterocycles. The summed E-state index contributed by atoms with van der Waals surface area (Å²) in [6.45, 7) is 5.26. The third kappa shape index (κ3) is 2.87. The molecule has 2 heterocycles. The van der Waals surface area contributed by atoms with Crippen molar-refractivity contribution in [1.82, 2.24) is 5.32 Å². The maximum absolute atomic E-state index is 6.21. The lowest BCUT2D eigenvalue weighted by atomic mass is 9.93. The van der Waals surface area contributed by atoms with Crippen LogP contribution >= 0.6 is 15.9 Å². The summed E-state index contributed by atoms with van der Waals surface area (Å²) in [6.07, 6.45) is 4.00. The van der Waals surface area contributed by atoms with Crippen LogP contribution in [0.3, 0.4) is 0 Å². The van der Waals surface area contributed by atoms with Crippen molar-refractivity contribution in [2.24, 2.45) is 0 Å². The number of hydrogen-bond acceptors (Lipinski definition) is 3. The highest BCUT2D eigenvalue weighted by atomic mass is 79.9. The summed E-state index contributed by atoms with van der Waals surface area (Å²) in [6, 6.07) is 6.62. The molecule has 1 N–H and O–H groups in total. The summed E-state index contributed by atoms with van der Waals surface area (Å²) < 4.78 is 13.3. The Bertz CT molecular complexity index is 480. The van der Waals surface area contributed by atoms with Gasteiger partial charge in [-0.2, -0.15) is 0 Å². The van der Waals surface area contributed by atoms with Gasteiger partial charge >= 0.3 is 0 Å². The Hall–Kier alpha value is -0.580. The van der Waals surface area contributed by atoms with Gasteiger partial charge in [0.05, 0.1) is 12.2 Å². The summed E-state index contributed by atoms with van der Waals surface area (Å²) in [4.78, 5) is 0. The maximum atomic E-state index is 6.21. The van der Waals surface area contributed by atoms with E-state index in [0.29, 0.717) is 12.1 Å². The molecular weight excluding hydrogens is 318 g/mol. The first-order valence-corrected chi connectivity index (χ1v) is 8.31. The van der Waals surface area contributed by atoms with Crippen LogP contribution in [0.25, 0.3) is 0 Å². The van der Waals surface area contributed by atoms with Crippen LogP contribution in [0, 0.1) is 0 Å². The number of hydrogen-bond donors (Lipinski definition) is 1. The van der Waals surface area contributed by atoms with Gasteiger partial charge in [0.25, 0.3) is 0 Å². The Kier molecular flexibility index (Phi) is 4.34. The highest BCUT2D eigenvalue weighted by molar-refractivity contribution is 9.10. The van der Waals surface area contributed by atoms with Gasteiger partial charge in [0.2, 0.25) is 0 Å². The molecule has 110 valence electrons. The third-order valence-corrected chi connectivity index (χ3v) is 4.72. The van der Waals surface area contributed by atoms with Crippen LogP contribution in [-0.4, -0.2) is 24.9 Å². The Balaban J connectivity index is 1.83. The molecule has 2 aliphatic rings. The zero-order valence-electron chi connectivity index (χ0n) is 12.1. The van der Waals surface area contributed by atoms with E-state index in [2.05, 4.69) is 47.2 Å². The van der Waals surface area contributed by atoms with Crippen LogP contribution in [0.1, 0.15) is 44.7 Å². The van der Waals surface area contributed by atoms with Gasteiger partial charge in [0.1, 0.15) is 11.9 Å². The van der Waals surface area contributed by atoms with Crippen LogP contribution in [0.2, 0.25) is 0 Å². The fourth-order valence-electron chi connectivity index (χ4n) is 3.24. The number of nitrogens with one attached hydrogen (secondary N) is 1. The van der Waals surface area contributed by atoms with Gasteiger partial charge in [-0.05, 0) is 44.5 Å². The molecular formula is C16H22BrNO2. The predicted octanol–water partition coefficient (Wildman–Crippen LogP) is 3.82. The van der Waals surface area contributed by atoms with E-state index < -0.39 is 0 Å². The average Bonchev–Trinajstić information content (AvgIpc) is 2.86. The molecule has 0 aliphatic carbocycles. The lowest BCUT2D eigenvalue weighted by Gasteiger charge is -2.35. The molecule has 2 aliphatic heterocycles. The number of halogens is 1. The smallest absolute Gasteiger partial charge is 0.127 e. The monoisotopic (exact) mass is 339 g/mol. The van der Waals surface area contributed by atoms with Crippen molar-refractivity contribution >= 4 is 15.9 Å². The third-order valence-electron chi connectivity index (χ3n) is 4.22. The van der Waals surface area contributed by atoms with Crippen molar-refractivity contribution in [1.29, 1.82) is 0 Å². The van der Waals surface area contributed by atoms with Crippen molar-refractivity contribution in [3.05, 3.63) is 28.2 Å². The molecule has 0 spiro atoms. The van der Waals surface area contributed by atoms with Crippen molar-refractivity contribution in [3.8, 4) is 5.75 Å². The fraction of sp³-hybridized carbons (Fsp3) is 0.625. The lowest BCUT2D eigenvalue weighted by Crippen LogP contribution is -2.40. The van der Waals surface area contributed by atoms with E-state index >= 15 is 0 Å². The second kappa shape index (κ2) is 6.04. The maximum Gasteiger partial charge on any atom is 0.127 e. The highest BCUT2D eigenvalue weighted by Gasteiger charge is 2.37. The summed E-state index contributed by atoms with van der Waals surface area (Å²) >= 11 is 3.55. The summed E-state index contributed by atoms with van der Waals surface area (Å²) in [5.74, 6) is 0.999. The lowest BCUT2D eigenvalue weighted by molar-refractivity contribution is -0.0299. The van der Waals surface area contributed by atoms with Crippen molar-refractivity contribution in [2.75, 3.05) is 6.54 Å². The molecule has 0 radical (unpaired) electrons. The zero-order chi connectivity index (χ0) is 14.1. The van der Waals surface area contributed by atoms with E-state index in [4.69, 9.17) is 9.47 Å². The molecule has 0 bridgehead atoms. The number of ether oxygens (including phenoxy) is 2. The van der Waals surface area contributed by atoms with Crippen LogP contribution < -0.4 is 10.1 Å². The van der Waals surface area contributed by atoms with Gasteiger partial charge in [-0.1, -0.05) is 22.9 Å². The largest absolute Gasteiger partial charge is 0.487 e. The minimum absolute atomic E-state index is 0.165. The molecule has 0 saturated carbocycles. The first kappa shape index (κ1) is 14.4. The summed E-state index contributed by atoms with van der Waals surface area (Å²) in [7, 11) is 0. The summed E-state index contributed by atoms with van der Waals surface area (Å²) in [5.41, 5.74) is 1.25. The molecule has 3 nitrogen and oxygen atoms in total. The minimum atomic E-state index is 0.165. The van der Waals surface area contributed by atoms with Gasteiger partial charge in [0, 0.05) is 22.5 Å². The standard InChI is InChI=1S/C16H22BrNO2/c1-3-18-13-9-16(15-6-4-10(2)19-15)20-14-7-5-11(17)8-12(13)14/h5,7-8,10,13,15-16,18H,3-4,6,9H2,1-2H3. The quantitative estimate of drug-likeness (QED) is 0.907. The van der Waals surface area contributed by atoms with E-state index in [9.17, 15) is 0 Å². The Morgan fingerprint density at radius 2 is 2.15 bits per heavy atom. The average molecular weight is 340 g/mol. The summed E-state index contributed by atoms with van der Waals surface area (Å²) in [5, 5.41) is 3.58. The van der Waals surface area contributed by atoms with E-state index in [0.717, 1.165) is 36.0 Å². The predicted molar refractivity (Wildman–Crippen MR) is 83.2 cm³/mol. The van der Waals surface area contributed by atoms with Crippen LogP contribution in [0.15, 0.2) is 22.7 Å². The number of benzene rings is 1. The van der Waals surface area contributed by atoms with E-state index in [-0.39, 0.29) is 12.2 Å². The minimum Gasteiger partial charge on any atom is -0.487 e. The first-order valence-electron chi connectivity index (χ1n) is 7.52. The van der Waals surface area contributed by atoms with Crippen LogP contribution in [0.5, 0.6) is 5.75 Å². The molecule has 1 aromatic carbocycles. The zero-order valence-corrected chi connectivity index (χ0v) is 13.7. The molecule has 1 fully saturated rings. The van der Waals surface area contributed by atoms with Crippen LogP contribution in [-0.2, 0) is 4.74 Å². The van der Waals surface area contributed by atoms with Gasteiger partial charge in [0.15, 0.2) is 0 Å². The Morgan fingerprint density at radius 1 is 1.30 bits per heavy atom.